The fraction of sp³-hybridized carbons (Fsp3) is 0.385. The van der Waals surface area contributed by atoms with Crippen LogP contribution in [-0.4, -0.2) is 31.5 Å². The van der Waals surface area contributed by atoms with Crippen molar-refractivity contribution >= 4 is 17.6 Å². The van der Waals surface area contributed by atoms with Crippen molar-refractivity contribution in [2.75, 3.05) is 25.0 Å². The number of guanidine groups is 1. The number of aliphatic imine (C=N–C) groups is 1. The normalized spacial score (nSPS) is 14.3. The van der Waals surface area contributed by atoms with Crippen LogP contribution in [0.15, 0.2) is 35.3 Å². The summed E-state index contributed by atoms with van der Waals surface area (Å²) >= 11 is 0. The van der Waals surface area contributed by atoms with E-state index in [1.807, 2.05) is 30.3 Å². The van der Waals surface area contributed by atoms with E-state index >= 15 is 0 Å². The molecule has 5 heteroatoms. The Morgan fingerprint density at radius 1 is 1.33 bits per heavy atom. The lowest BCUT2D eigenvalue weighted by Crippen LogP contribution is -2.41. The number of nitrogens with one attached hydrogen (secondary N) is 3. The number of benzene rings is 1. The molecule has 0 radical (unpaired) electrons. The molecule has 0 fully saturated rings. The van der Waals surface area contributed by atoms with Crippen LogP contribution < -0.4 is 16.0 Å². The van der Waals surface area contributed by atoms with Crippen LogP contribution in [0.2, 0.25) is 0 Å². The minimum Gasteiger partial charge on any atom is -0.356 e. The van der Waals surface area contributed by atoms with E-state index in [0.717, 1.165) is 31.2 Å². The van der Waals surface area contributed by atoms with Crippen LogP contribution in [0.25, 0.3) is 0 Å². The number of rotatable bonds is 4. The molecule has 2 rings (SSSR count). The zero-order chi connectivity index (χ0) is 12.6. The molecule has 1 amide bonds. The van der Waals surface area contributed by atoms with Crippen LogP contribution in [0.1, 0.15) is 12.8 Å². The summed E-state index contributed by atoms with van der Waals surface area (Å²) in [6.07, 6.45) is 1.50. The molecule has 1 aromatic carbocycles. The molecule has 0 unspecified atom stereocenters. The van der Waals surface area contributed by atoms with Gasteiger partial charge in [-0.15, -0.1) is 0 Å². The number of carbonyl (C=O) groups is 1. The lowest BCUT2D eigenvalue weighted by atomic mass is 10.3. The summed E-state index contributed by atoms with van der Waals surface area (Å²) < 4.78 is 0. The molecule has 0 saturated heterocycles. The highest BCUT2D eigenvalue weighted by molar-refractivity contribution is 5.91. The average Bonchev–Trinajstić information content (AvgIpc) is 2.41. The maximum atomic E-state index is 11.6. The second-order valence-corrected chi connectivity index (χ2v) is 4.10. The van der Waals surface area contributed by atoms with Crippen molar-refractivity contribution in [3.05, 3.63) is 30.3 Å². The lowest BCUT2D eigenvalue weighted by Gasteiger charge is -2.15. The number of anilines is 1. The summed E-state index contributed by atoms with van der Waals surface area (Å²) in [5.74, 6) is 0.805. The molecule has 0 saturated carbocycles. The van der Waals surface area contributed by atoms with Crippen LogP contribution in [-0.2, 0) is 4.79 Å². The summed E-state index contributed by atoms with van der Waals surface area (Å²) in [6, 6.07) is 9.46. The third-order valence-corrected chi connectivity index (χ3v) is 2.60. The molecule has 96 valence electrons. The molecular weight excluding hydrogens is 228 g/mol. The van der Waals surface area contributed by atoms with Crippen molar-refractivity contribution in [1.29, 1.82) is 0 Å². The van der Waals surface area contributed by atoms with Crippen LogP contribution in [0.5, 0.6) is 0 Å². The van der Waals surface area contributed by atoms with Crippen LogP contribution in [0, 0.1) is 0 Å². The number of para-hydroxylation sites is 1. The van der Waals surface area contributed by atoms with Crippen molar-refractivity contribution < 1.29 is 4.79 Å². The fourth-order valence-corrected chi connectivity index (χ4v) is 1.69. The first kappa shape index (κ1) is 12.4. The third kappa shape index (κ3) is 4.08. The molecule has 5 nitrogen and oxygen atoms in total. The molecule has 0 spiro atoms. The summed E-state index contributed by atoms with van der Waals surface area (Å²) in [6.45, 7) is 2.39. The lowest BCUT2D eigenvalue weighted by molar-refractivity contribution is -0.116. The van der Waals surface area contributed by atoms with E-state index in [9.17, 15) is 4.79 Å². The van der Waals surface area contributed by atoms with Gasteiger partial charge in [-0.25, -0.2) is 0 Å². The molecule has 1 heterocycles. The first-order chi connectivity index (χ1) is 8.84. The maximum absolute atomic E-state index is 11.6. The summed E-state index contributed by atoms with van der Waals surface area (Å²) in [4.78, 5) is 15.9. The molecule has 0 aromatic heterocycles. The van der Waals surface area contributed by atoms with E-state index in [-0.39, 0.29) is 5.91 Å². The van der Waals surface area contributed by atoms with E-state index in [1.165, 1.54) is 0 Å². The van der Waals surface area contributed by atoms with E-state index in [0.29, 0.717) is 13.0 Å². The van der Waals surface area contributed by atoms with Crippen LogP contribution in [0.4, 0.5) is 5.69 Å². The summed E-state index contributed by atoms with van der Waals surface area (Å²) in [7, 11) is 0. The molecule has 0 aliphatic carbocycles. The minimum absolute atomic E-state index is 0.00473. The molecule has 1 aliphatic rings. The monoisotopic (exact) mass is 246 g/mol. The SMILES string of the molecule is O=C(CCNC1=NCCCN1)Nc1ccccc1. The van der Waals surface area contributed by atoms with Gasteiger partial charge < -0.3 is 16.0 Å². The standard InChI is InChI=1S/C13H18N4O/c18-12(17-11-5-2-1-3-6-11)7-10-16-13-14-8-4-9-15-13/h1-3,5-6H,4,7-10H2,(H,17,18)(H2,14,15,16). The first-order valence-electron chi connectivity index (χ1n) is 6.22. The van der Waals surface area contributed by atoms with Gasteiger partial charge in [0.05, 0.1) is 0 Å². The zero-order valence-corrected chi connectivity index (χ0v) is 10.3. The molecule has 3 N–H and O–H groups in total. The zero-order valence-electron chi connectivity index (χ0n) is 10.3. The number of hydrogen-bond donors (Lipinski definition) is 3. The van der Waals surface area contributed by atoms with Crippen LogP contribution in [0.3, 0.4) is 0 Å². The second-order valence-electron chi connectivity index (χ2n) is 4.10. The van der Waals surface area contributed by atoms with Gasteiger partial charge in [-0.2, -0.15) is 0 Å². The van der Waals surface area contributed by atoms with Gasteiger partial charge >= 0.3 is 0 Å². The Hall–Kier alpha value is -2.04. The largest absolute Gasteiger partial charge is 0.356 e. The topological polar surface area (TPSA) is 65.5 Å². The molecule has 1 aromatic rings. The highest BCUT2D eigenvalue weighted by Gasteiger charge is 2.05. The fourth-order valence-electron chi connectivity index (χ4n) is 1.69. The van der Waals surface area contributed by atoms with Gasteiger partial charge in [-0.1, -0.05) is 18.2 Å². The Bertz CT molecular complexity index is 416. The Labute approximate surface area is 107 Å². The Morgan fingerprint density at radius 2 is 2.17 bits per heavy atom. The van der Waals surface area contributed by atoms with E-state index in [2.05, 4.69) is 20.9 Å². The van der Waals surface area contributed by atoms with Gasteiger partial charge in [0.2, 0.25) is 5.91 Å². The predicted molar refractivity (Wildman–Crippen MR) is 72.6 cm³/mol. The third-order valence-electron chi connectivity index (χ3n) is 2.60. The predicted octanol–water partition coefficient (Wildman–Crippen LogP) is 0.954. The Kier molecular flexibility index (Phi) is 4.58. The molecular formula is C13H18N4O. The quantitative estimate of drug-likeness (QED) is 0.741. The maximum Gasteiger partial charge on any atom is 0.226 e. The number of nitrogens with zero attached hydrogens (tertiary/aromatic N) is 1. The van der Waals surface area contributed by atoms with Gasteiger partial charge in [0, 0.05) is 31.7 Å². The number of amides is 1. The average molecular weight is 246 g/mol. The van der Waals surface area contributed by atoms with Crippen molar-refractivity contribution in [2.45, 2.75) is 12.8 Å². The minimum atomic E-state index is 0.00473. The van der Waals surface area contributed by atoms with Crippen molar-refractivity contribution in [3.63, 3.8) is 0 Å². The van der Waals surface area contributed by atoms with E-state index < -0.39 is 0 Å². The van der Waals surface area contributed by atoms with Crippen LogP contribution >= 0.6 is 0 Å². The molecule has 0 bridgehead atoms. The second kappa shape index (κ2) is 6.64. The van der Waals surface area contributed by atoms with Gasteiger partial charge in [-0.05, 0) is 18.6 Å². The summed E-state index contributed by atoms with van der Waals surface area (Å²) in [5, 5.41) is 9.11. The van der Waals surface area contributed by atoms with Gasteiger partial charge in [0.1, 0.15) is 0 Å². The first-order valence-corrected chi connectivity index (χ1v) is 6.22. The number of hydrogen-bond acceptors (Lipinski definition) is 4. The highest BCUT2D eigenvalue weighted by Crippen LogP contribution is 2.04. The van der Waals surface area contributed by atoms with Crippen molar-refractivity contribution in [2.24, 2.45) is 4.99 Å². The van der Waals surface area contributed by atoms with Crippen molar-refractivity contribution in [1.82, 2.24) is 10.6 Å². The smallest absolute Gasteiger partial charge is 0.226 e. The highest BCUT2D eigenvalue weighted by atomic mass is 16.1. The van der Waals surface area contributed by atoms with E-state index in [1.54, 1.807) is 0 Å². The molecule has 18 heavy (non-hydrogen) atoms. The van der Waals surface area contributed by atoms with Gasteiger partial charge in [-0.3, -0.25) is 9.79 Å². The Balaban J connectivity index is 1.67. The summed E-state index contributed by atoms with van der Waals surface area (Å²) in [5.41, 5.74) is 0.829. The Morgan fingerprint density at radius 3 is 2.89 bits per heavy atom. The van der Waals surface area contributed by atoms with Gasteiger partial charge in [0.25, 0.3) is 0 Å². The molecule has 1 aliphatic heterocycles. The van der Waals surface area contributed by atoms with Crippen molar-refractivity contribution in [3.8, 4) is 0 Å². The molecule has 0 atom stereocenters. The van der Waals surface area contributed by atoms with Gasteiger partial charge in [0.15, 0.2) is 5.96 Å². The van der Waals surface area contributed by atoms with E-state index in [4.69, 9.17) is 0 Å². The number of carbonyl (C=O) groups excluding carboxylic acids is 1.